The van der Waals surface area contributed by atoms with E-state index in [-0.39, 0.29) is 11.4 Å². The highest BCUT2D eigenvalue weighted by molar-refractivity contribution is 14.1. The third kappa shape index (κ3) is 5.91. The molecule has 2 rings (SSSR count). The summed E-state index contributed by atoms with van der Waals surface area (Å²) in [5.74, 6) is -0.801. The van der Waals surface area contributed by atoms with E-state index < -0.39 is 23.3 Å². The molecular weight excluding hydrogens is 445 g/mol. The predicted octanol–water partition coefficient (Wildman–Crippen LogP) is 2.03. The lowest BCUT2D eigenvalue weighted by molar-refractivity contribution is -0.385. The van der Waals surface area contributed by atoms with Gasteiger partial charge in [-0.1, -0.05) is 12.1 Å². The van der Waals surface area contributed by atoms with Gasteiger partial charge in [-0.05, 0) is 46.9 Å². The Morgan fingerprint density at radius 2 is 2.00 bits per heavy atom. The van der Waals surface area contributed by atoms with Crippen molar-refractivity contribution in [1.29, 1.82) is 0 Å². The standard InChI is InChI=1S/C15H12IN3O6/c16-13-7-5-10(25-13)6-8-14(20)17-18-15(21)9-24-12-4-2-1-3-11(12)19(22)23/h1-8H,9H2,(H,17,20)(H,18,21)/b8-6+. The predicted molar refractivity (Wildman–Crippen MR) is 95.3 cm³/mol. The average molecular weight is 457 g/mol. The van der Waals surface area contributed by atoms with Crippen LogP contribution in [0.15, 0.2) is 46.9 Å². The lowest BCUT2D eigenvalue weighted by Gasteiger charge is -2.07. The summed E-state index contributed by atoms with van der Waals surface area (Å²) in [5, 5.41) is 10.8. The smallest absolute Gasteiger partial charge is 0.310 e. The second-order valence-electron chi connectivity index (χ2n) is 4.53. The van der Waals surface area contributed by atoms with Gasteiger partial charge in [-0.15, -0.1) is 0 Å². The average Bonchev–Trinajstić information content (AvgIpc) is 3.01. The van der Waals surface area contributed by atoms with Crippen LogP contribution in [-0.2, 0) is 9.59 Å². The summed E-state index contributed by atoms with van der Waals surface area (Å²) in [6, 6.07) is 9.08. The Hall–Kier alpha value is -2.89. The molecule has 1 heterocycles. The van der Waals surface area contributed by atoms with E-state index >= 15 is 0 Å². The number of para-hydroxylation sites is 2. The first-order valence-electron chi connectivity index (χ1n) is 6.84. The number of hydrogen-bond acceptors (Lipinski definition) is 6. The number of furan rings is 1. The number of amides is 2. The van der Waals surface area contributed by atoms with Crippen LogP contribution in [0.4, 0.5) is 5.69 Å². The number of halogens is 1. The van der Waals surface area contributed by atoms with Crippen LogP contribution < -0.4 is 15.6 Å². The molecule has 25 heavy (non-hydrogen) atoms. The van der Waals surface area contributed by atoms with E-state index in [0.29, 0.717) is 9.53 Å². The number of carbonyl (C=O) groups is 2. The van der Waals surface area contributed by atoms with Gasteiger partial charge in [0.1, 0.15) is 5.76 Å². The van der Waals surface area contributed by atoms with E-state index in [1.807, 2.05) is 22.6 Å². The molecule has 0 aliphatic heterocycles. The van der Waals surface area contributed by atoms with Gasteiger partial charge in [-0.3, -0.25) is 30.6 Å². The number of hydrazine groups is 1. The maximum atomic E-state index is 11.6. The molecule has 2 amide bonds. The molecule has 10 heteroatoms. The van der Waals surface area contributed by atoms with Crippen molar-refractivity contribution in [3.63, 3.8) is 0 Å². The minimum Gasteiger partial charge on any atom is -0.477 e. The summed E-state index contributed by atoms with van der Waals surface area (Å²) in [6.07, 6.45) is 2.62. The molecule has 0 bridgehead atoms. The van der Waals surface area contributed by atoms with Crippen LogP contribution in [0, 0.1) is 13.9 Å². The SMILES string of the molecule is O=C(/C=C/c1ccc(I)o1)NNC(=O)COc1ccccc1[N+](=O)[O-]. The highest BCUT2D eigenvalue weighted by atomic mass is 127. The zero-order valence-corrected chi connectivity index (χ0v) is 14.8. The number of nitro groups is 1. The van der Waals surface area contributed by atoms with Crippen molar-refractivity contribution in [2.24, 2.45) is 0 Å². The Morgan fingerprint density at radius 1 is 1.24 bits per heavy atom. The van der Waals surface area contributed by atoms with E-state index in [1.54, 1.807) is 18.2 Å². The van der Waals surface area contributed by atoms with Crippen LogP contribution in [0.3, 0.4) is 0 Å². The zero-order valence-electron chi connectivity index (χ0n) is 12.6. The molecule has 0 aliphatic carbocycles. The number of nitrogens with one attached hydrogen (secondary N) is 2. The molecule has 0 saturated heterocycles. The van der Waals surface area contributed by atoms with E-state index in [2.05, 4.69) is 10.9 Å². The quantitative estimate of drug-likeness (QED) is 0.296. The number of carbonyl (C=O) groups excluding carboxylic acids is 2. The molecule has 0 saturated carbocycles. The summed E-state index contributed by atoms with van der Waals surface area (Å²) in [5.41, 5.74) is 4.02. The Balaban J connectivity index is 1.78. The van der Waals surface area contributed by atoms with Gasteiger partial charge in [0.2, 0.25) is 0 Å². The number of benzene rings is 1. The molecule has 130 valence electrons. The summed E-state index contributed by atoms with van der Waals surface area (Å²) >= 11 is 1.99. The zero-order chi connectivity index (χ0) is 18.2. The molecule has 0 aliphatic rings. The first kappa shape index (κ1) is 18.4. The normalized spacial score (nSPS) is 10.4. The van der Waals surface area contributed by atoms with Gasteiger partial charge >= 0.3 is 5.69 Å². The molecule has 0 atom stereocenters. The van der Waals surface area contributed by atoms with Crippen LogP contribution in [0.5, 0.6) is 5.75 Å². The Bertz CT molecular complexity index is 817. The number of hydrogen-bond donors (Lipinski definition) is 2. The second-order valence-corrected chi connectivity index (χ2v) is 5.59. The first-order valence-corrected chi connectivity index (χ1v) is 7.92. The van der Waals surface area contributed by atoms with Crippen molar-refractivity contribution in [3.05, 3.63) is 62.1 Å². The Morgan fingerprint density at radius 3 is 2.68 bits per heavy atom. The molecular formula is C15H12IN3O6. The third-order valence-electron chi connectivity index (χ3n) is 2.74. The number of ether oxygens (including phenoxy) is 1. The van der Waals surface area contributed by atoms with Gasteiger partial charge in [-0.25, -0.2) is 0 Å². The van der Waals surface area contributed by atoms with Crippen LogP contribution in [0.2, 0.25) is 0 Å². The van der Waals surface area contributed by atoms with E-state index in [1.165, 1.54) is 30.4 Å². The van der Waals surface area contributed by atoms with Crippen molar-refractivity contribution in [3.8, 4) is 5.75 Å². The van der Waals surface area contributed by atoms with Gasteiger partial charge in [0.25, 0.3) is 11.8 Å². The molecule has 2 aromatic rings. The lowest BCUT2D eigenvalue weighted by Crippen LogP contribution is -2.43. The molecule has 0 spiro atoms. The minimum absolute atomic E-state index is 0.0405. The second kappa shape index (κ2) is 8.82. The fourth-order valence-electron chi connectivity index (χ4n) is 1.66. The summed E-state index contributed by atoms with van der Waals surface area (Å²) in [4.78, 5) is 33.4. The monoisotopic (exact) mass is 457 g/mol. The van der Waals surface area contributed by atoms with Crippen LogP contribution in [0.25, 0.3) is 6.08 Å². The number of rotatable bonds is 6. The van der Waals surface area contributed by atoms with Crippen molar-refractivity contribution >= 4 is 46.2 Å². The van der Waals surface area contributed by atoms with E-state index in [9.17, 15) is 19.7 Å². The third-order valence-corrected chi connectivity index (χ3v) is 3.32. The summed E-state index contributed by atoms with van der Waals surface area (Å²) in [7, 11) is 0. The van der Waals surface area contributed by atoms with Crippen LogP contribution in [-0.4, -0.2) is 23.3 Å². The molecule has 9 nitrogen and oxygen atoms in total. The van der Waals surface area contributed by atoms with Gasteiger partial charge in [0.15, 0.2) is 16.1 Å². The molecule has 0 radical (unpaired) electrons. The summed E-state index contributed by atoms with van der Waals surface area (Å²) < 4.78 is 11.0. The van der Waals surface area contributed by atoms with Gasteiger partial charge in [0, 0.05) is 12.1 Å². The molecule has 0 unspecified atom stereocenters. The minimum atomic E-state index is -0.674. The number of nitrogens with zero attached hydrogens (tertiary/aromatic N) is 1. The lowest BCUT2D eigenvalue weighted by atomic mass is 10.3. The van der Waals surface area contributed by atoms with Gasteiger partial charge < -0.3 is 9.15 Å². The van der Waals surface area contributed by atoms with Crippen LogP contribution in [0.1, 0.15) is 5.76 Å². The van der Waals surface area contributed by atoms with E-state index in [0.717, 1.165) is 0 Å². The fraction of sp³-hybridized carbons (Fsp3) is 0.0667. The molecule has 1 aromatic heterocycles. The largest absolute Gasteiger partial charge is 0.477 e. The molecule has 0 fully saturated rings. The fourth-order valence-corrected chi connectivity index (χ4v) is 2.09. The van der Waals surface area contributed by atoms with Gasteiger partial charge in [-0.2, -0.15) is 0 Å². The van der Waals surface area contributed by atoms with Crippen molar-refractivity contribution in [1.82, 2.24) is 10.9 Å². The first-order chi connectivity index (χ1) is 12.0. The number of nitro benzene ring substituents is 1. The van der Waals surface area contributed by atoms with Crippen LogP contribution >= 0.6 is 22.6 Å². The Kier molecular flexibility index (Phi) is 6.51. The highest BCUT2D eigenvalue weighted by Gasteiger charge is 2.14. The maximum Gasteiger partial charge on any atom is 0.310 e. The van der Waals surface area contributed by atoms with Crippen molar-refractivity contribution in [2.45, 2.75) is 0 Å². The maximum absolute atomic E-state index is 11.6. The highest BCUT2D eigenvalue weighted by Crippen LogP contribution is 2.25. The summed E-state index contributed by atoms with van der Waals surface area (Å²) in [6.45, 7) is -0.495. The Labute approximate surface area is 155 Å². The van der Waals surface area contributed by atoms with Crippen molar-refractivity contribution < 1.29 is 23.7 Å². The molecule has 2 N–H and O–H groups in total. The van der Waals surface area contributed by atoms with E-state index in [4.69, 9.17) is 9.15 Å². The molecule has 1 aromatic carbocycles. The topological polar surface area (TPSA) is 124 Å². The van der Waals surface area contributed by atoms with Gasteiger partial charge in [0.05, 0.1) is 4.92 Å². The van der Waals surface area contributed by atoms with Crippen molar-refractivity contribution in [2.75, 3.05) is 6.61 Å².